The number of benzene rings is 1. The first-order valence-electron chi connectivity index (χ1n) is 5.80. The Bertz CT molecular complexity index is 367. The summed E-state index contributed by atoms with van der Waals surface area (Å²) in [6.07, 6.45) is 1.69. The van der Waals surface area contributed by atoms with Gasteiger partial charge in [0.25, 0.3) is 0 Å². The van der Waals surface area contributed by atoms with E-state index < -0.39 is 0 Å². The van der Waals surface area contributed by atoms with Crippen molar-refractivity contribution in [2.75, 3.05) is 13.1 Å². The maximum absolute atomic E-state index is 13.1. The summed E-state index contributed by atoms with van der Waals surface area (Å²) in [6.45, 7) is 4.43. The van der Waals surface area contributed by atoms with Crippen LogP contribution in [0.1, 0.15) is 24.0 Å². The number of aliphatic hydroxyl groups excluding tert-OH is 1. The third-order valence-corrected chi connectivity index (χ3v) is 3.19. The van der Waals surface area contributed by atoms with Crippen LogP contribution >= 0.6 is 0 Å². The van der Waals surface area contributed by atoms with Gasteiger partial charge in [-0.25, -0.2) is 4.39 Å². The summed E-state index contributed by atoms with van der Waals surface area (Å²) in [4.78, 5) is 2.19. The molecule has 0 spiro atoms. The van der Waals surface area contributed by atoms with Gasteiger partial charge in [-0.3, -0.25) is 4.90 Å². The monoisotopic (exact) mass is 223 g/mol. The highest BCUT2D eigenvalue weighted by Crippen LogP contribution is 2.16. The molecule has 88 valence electrons. The molecule has 3 heteroatoms. The van der Waals surface area contributed by atoms with E-state index in [4.69, 9.17) is 0 Å². The zero-order valence-electron chi connectivity index (χ0n) is 9.62. The van der Waals surface area contributed by atoms with Crippen molar-refractivity contribution in [2.24, 2.45) is 0 Å². The Labute approximate surface area is 95.7 Å². The molecule has 1 aliphatic rings. The van der Waals surface area contributed by atoms with Crippen molar-refractivity contribution in [3.8, 4) is 0 Å². The Morgan fingerprint density at radius 1 is 1.50 bits per heavy atom. The molecule has 0 radical (unpaired) electrons. The van der Waals surface area contributed by atoms with E-state index in [2.05, 4.69) is 4.90 Å². The first-order valence-corrected chi connectivity index (χ1v) is 5.80. The van der Waals surface area contributed by atoms with Crippen molar-refractivity contribution >= 4 is 0 Å². The Morgan fingerprint density at radius 2 is 2.31 bits per heavy atom. The Morgan fingerprint density at radius 3 is 3.06 bits per heavy atom. The molecule has 0 amide bonds. The van der Waals surface area contributed by atoms with E-state index in [0.29, 0.717) is 6.54 Å². The lowest BCUT2D eigenvalue weighted by Crippen LogP contribution is -2.37. The number of rotatable bonds is 2. The number of halogens is 1. The predicted molar refractivity (Wildman–Crippen MR) is 61.7 cm³/mol. The van der Waals surface area contributed by atoms with Crippen LogP contribution in [0.2, 0.25) is 0 Å². The number of likely N-dealkylation sites (tertiary alicyclic amines) is 1. The van der Waals surface area contributed by atoms with E-state index in [1.165, 1.54) is 6.07 Å². The fraction of sp³-hybridized carbons (Fsp3) is 0.538. The number of hydrogen-bond acceptors (Lipinski definition) is 2. The maximum Gasteiger partial charge on any atom is 0.123 e. The molecule has 0 bridgehead atoms. The molecule has 1 heterocycles. The summed E-state index contributed by atoms with van der Waals surface area (Å²) in [7, 11) is 0. The number of hydrogen-bond donors (Lipinski definition) is 1. The molecule has 1 N–H and O–H groups in total. The number of β-amino-alcohol motifs (C(OH)–C–C–N with tert-alkyl or cyclic N) is 1. The fourth-order valence-electron chi connectivity index (χ4n) is 2.23. The lowest BCUT2D eigenvalue weighted by Gasteiger charge is -2.30. The van der Waals surface area contributed by atoms with Gasteiger partial charge in [0, 0.05) is 13.1 Å². The average molecular weight is 223 g/mol. The van der Waals surface area contributed by atoms with Crippen LogP contribution in [0.3, 0.4) is 0 Å². The number of aliphatic hydroxyl groups is 1. The zero-order chi connectivity index (χ0) is 11.5. The van der Waals surface area contributed by atoms with Crippen molar-refractivity contribution < 1.29 is 9.50 Å². The van der Waals surface area contributed by atoms with Gasteiger partial charge in [0.2, 0.25) is 0 Å². The minimum absolute atomic E-state index is 0.182. The van der Waals surface area contributed by atoms with Gasteiger partial charge in [-0.15, -0.1) is 0 Å². The van der Waals surface area contributed by atoms with Crippen LogP contribution < -0.4 is 0 Å². The molecule has 2 rings (SSSR count). The molecule has 1 aromatic carbocycles. The minimum atomic E-state index is -0.220. The highest BCUT2D eigenvalue weighted by Gasteiger charge is 2.18. The lowest BCUT2D eigenvalue weighted by molar-refractivity contribution is 0.0667. The van der Waals surface area contributed by atoms with Crippen molar-refractivity contribution in [3.05, 3.63) is 35.1 Å². The first-order chi connectivity index (χ1) is 7.65. The topological polar surface area (TPSA) is 23.5 Å². The van der Waals surface area contributed by atoms with Crippen LogP contribution in [0.4, 0.5) is 4.39 Å². The van der Waals surface area contributed by atoms with Crippen molar-refractivity contribution in [3.63, 3.8) is 0 Å². The van der Waals surface area contributed by atoms with Gasteiger partial charge in [-0.05, 0) is 49.6 Å². The summed E-state index contributed by atoms with van der Waals surface area (Å²) in [6, 6.07) is 4.89. The van der Waals surface area contributed by atoms with Crippen molar-refractivity contribution in [1.82, 2.24) is 4.90 Å². The van der Waals surface area contributed by atoms with Crippen LogP contribution in [-0.4, -0.2) is 29.2 Å². The van der Waals surface area contributed by atoms with Gasteiger partial charge in [0.15, 0.2) is 0 Å². The number of piperidine rings is 1. The van der Waals surface area contributed by atoms with Gasteiger partial charge < -0.3 is 5.11 Å². The third-order valence-electron chi connectivity index (χ3n) is 3.19. The molecule has 0 aliphatic carbocycles. The first kappa shape index (κ1) is 11.6. The quantitative estimate of drug-likeness (QED) is 0.830. The maximum atomic E-state index is 13.1. The van der Waals surface area contributed by atoms with Crippen LogP contribution in [0.25, 0.3) is 0 Å². The van der Waals surface area contributed by atoms with E-state index in [0.717, 1.165) is 37.1 Å². The van der Waals surface area contributed by atoms with Crippen LogP contribution in [-0.2, 0) is 6.54 Å². The van der Waals surface area contributed by atoms with Crippen LogP contribution in [0.15, 0.2) is 18.2 Å². The van der Waals surface area contributed by atoms with Crippen molar-refractivity contribution in [1.29, 1.82) is 0 Å². The second kappa shape index (κ2) is 4.93. The molecular formula is C13H18FNO. The van der Waals surface area contributed by atoms with Gasteiger partial charge in [0.1, 0.15) is 5.82 Å². The molecule has 1 aliphatic heterocycles. The fourth-order valence-corrected chi connectivity index (χ4v) is 2.23. The highest BCUT2D eigenvalue weighted by molar-refractivity contribution is 5.26. The Kier molecular flexibility index (Phi) is 3.56. The smallest absolute Gasteiger partial charge is 0.123 e. The summed E-state index contributed by atoms with van der Waals surface area (Å²) in [5, 5.41) is 9.57. The van der Waals surface area contributed by atoms with E-state index in [-0.39, 0.29) is 11.9 Å². The molecule has 1 fully saturated rings. The normalized spacial score (nSPS) is 22.3. The van der Waals surface area contributed by atoms with E-state index in [1.807, 2.05) is 13.0 Å². The predicted octanol–water partition coefficient (Wildman–Crippen LogP) is 2.09. The molecule has 1 aromatic rings. The zero-order valence-corrected chi connectivity index (χ0v) is 9.62. The second-order valence-corrected chi connectivity index (χ2v) is 4.60. The number of nitrogens with zero attached hydrogens (tertiary/aromatic N) is 1. The summed E-state index contributed by atoms with van der Waals surface area (Å²) in [5.74, 6) is -0.182. The average Bonchev–Trinajstić information content (AvgIpc) is 2.24. The lowest BCUT2D eigenvalue weighted by atomic mass is 10.0. The Hall–Kier alpha value is -0.930. The van der Waals surface area contributed by atoms with Crippen LogP contribution in [0, 0.1) is 12.7 Å². The molecule has 1 saturated heterocycles. The van der Waals surface area contributed by atoms with E-state index in [1.54, 1.807) is 6.07 Å². The third kappa shape index (κ3) is 2.80. The van der Waals surface area contributed by atoms with E-state index >= 15 is 0 Å². The largest absolute Gasteiger partial charge is 0.392 e. The molecule has 0 saturated carbocycles. The van der Waals surface area contributed by atoms with Crippen LogP contribution in [0.5, 0.6) is 0 Å². The minimum Gasteiger partial charge on any atom is -0.392 e. The van der Waals surface area contributed by atoms with Gasteiger partial charge >= 0.3 is 0 Å². The number of aryl methyl sites for hydroxylation is 1. The summed E-state index contributed by atoms with van der Waals surface area (Å²) < 4.78 is 13.1. The SMILES string of the molecule is Cc1ccc(F)cc1CN1CCCC(O)C1. The molecule has 2 nitrogen and oxygen atoms in total. The molecular weight excluding hydrogens is 205 g/mol. The molecule has 16 heavy (non-hydrogen) atoms. The van der Waals surface area contributed by atoms with Gasteiger partial charge in [0.05, 0.1) is 6.10 Å². The second-order valence-electron chi connectivity index (χ2n) is 4.60. The summed E-state index contributed by atoms with van der Waals surface area (Å²) in [5.41, 5.74) is 2.13. The highest BCUT2D eigenvalue weighted by atomic mass is 19.1. The van der Waals surface area contributed by atoms with Gasteiger partial charge in [-0.1, -0.05) is 6.07 Å². The molecule has 1 atom stereocenters. The van der Waals surface area contributed by atoms with E-state index in [9.17, 15) is 9.50 Å². The van der Waals surface area contributed by atoms with Gasteiger partial charge in [-0.2, -0.15) is 0 Å². The van der Waals surface area contributed by atoms with Crippen molar-refractivity contribution in [2.45, 2.75) is 32.4 Å². The summed E-state index contributed by atoms with van der Waals surface area (Å²) >= 11 is 0. The Balaban J connectivity index is 2.05. The molecule has 0 aromatic heterocycles. The molecule has 1 unspecified atom stereocenters. The standard InChI is InChI=1S/C13H18FNO/c1-10-4-5-12(14)7-11(10)8-15-6-2-3-13(16)9-15/h4-5,7,13,16H,2-3,6,8-9H2,1H3.